The number of ether oxygens (including phenoxy) is 1. The molecule has 0 bridgehead atoms. The number of hydrogen-bond acceptors (Lipinski definition) is 3. The van der Waals surface area contributed by atoms with E-state index in [9.17, 15) is 9.59 Å². The number of hydrogen-bond donors (Lipinski definition) is 2. The molecule has 1 unspecified atom stereocenters. The summed E-state index contributed by atoms with van der Waals surface area (Å²) in [5.41, 5.74) is 1.75. The molecule has 0 saturated heterocycles. The van der Waals surface area contributed by atoms with Gasteiger partial charge in [-0.25, -0.2) is 4.79 Å². The van der Waals surface area contributed by atoms with Crippen molar-refractivity contribution in [3.63, 3.8) is 0 Å². The van der Waals surface area contributed by atoms with Crippen LogP contribution in [0.1, 0.15) is 28.4 Å². The number of carbonyl (C=O) groups excluding carboxylic acids is 1. The van der Waals surface area contributed by atoms with Gasteiger partial charge in [-0.1, -0.05) is 30.3 Å². The third-order valence-corrected chi connectivity index (χ3v) is 3.50. The number of aromatic carboxylic acids is 1. The van der Waals surface area contributed by atoms with Crippen LogP contribution in [0.3, 0.4) is 0 Å². The average molecular weight is 327 g/mol. The predicted octanol–water partition coefficient (Wildman–Crippen LogP) is 2.82. The second-order valence-corrected chi connectivity index (χ2v) is 5.74. The monoisotopic (exact) mass is 327 g/mol. The first-order valence-corrected chi connectivity index (χ1v) is 7.75. The lowest BCUT2D eigenvalue weighted by Gasteiger charge is -2.15. The first kappa shape index (κ1) is 17.5. The second-order valence-electron chi connectivity index (χ2n) is 5.74. The Morgan fingerprint density at radius 1 is 1.17 bits per heavy atom. The molecule has 5 heteroatoms. The normalized spacial score (nSPS) is 11.6. The summed E-state index contributed by atoms with van der Waals surface area (Å²) in [5, 5.41) is 12.0. The summed E-state index contributed by atoms with van der Waals surface area (Å²) in [4.78, 5) is 23.3. The molecule has 0 aliphatic carbocycles. The molecule has 0 spiro atoms. The van der Waals surface area contributed by atoms with E-state index in [4.69, 9.17) is 9.84 Å². The standard InChI is InChI=1S/C19H21NO4/c1-13-6-5-8-16(10-13)24-12-14(2)20-18(21)11-15-7-3-4-9-17(15)19(22)23/h3-10,14H,11-12H2,1-2H3,(H,20,21)(H,22,23). The van der Waals surface area contributed by atoms with Crippen molar-refractivity contribution >= 4 is 11.9 Å². The van der Waals surface area contributed by atoms with E-state index in [-0.39, 0.29) is 23.9 Å². The van der Waals surface area contributed by atoms with E-state index >= 15 is 0 Å². The fourth-order valence-electron chi connectivity index (χ4n) is 2.35. The van der Waals surface area contributed by atoms with Gasteiger partial charge < -0.3 is 15.2 Å². The van der Waals surface area contributed by atoms with Gasteiger partial charge in [0, 0.05) is 0 Å². The Morgan fingerprint density at radius 3 is 2.62 bits per heavy atom. The van der Waals surface area contributed by atoms with Gasteiger partial charge in [-0.15, -0.1) is 0 Å². The zero-order chi connectivity index (χ0) is 17.5. The molecule has 1 amide bonds. The lowest BCUT2D eigenvalue weighted by Crippen LogP contribution is -2.37. The number of carbonyl (C=O) groups is 2. The molecule has 0 radical (unpaired) electrons. The summed E-state index contributed by atoms with van der Waals surface area (Å²) in [7, 11) is 0. The molecular weight excluding hydrogens is 306 g/mol. The Hall–Kier alpha value is -2.82. The van der Waals surface area contributed by atoms with Gasteiger partial charge in [-0.05, 0) is 43.2 Å². The van der Waals surface area contributed by atoms with E-state index in [1.54, 1.807) is 18.2 Å². The van der Waals surface area contributed by atoms with E-state index in [1.807, 2.05) is 38.1 Å². The van der Waals surface area contributed by atoms with Crippen molar-refractivity contribution in [3.05, 3.63) is 65.2 Å². The topological polar surface area (TPSA) is 75.6 Å². The lowest BCUT2D eigenvalue weighted by molar-refractivity contribution is -0.121. The SMILES string of the molecule is Cc1cccc(OCC(C)NC(=O)Cc2ccccc2C(=O)O)c1. The molecule has 0 aliphatic heterocycles. The van der Waals surface area contributed by atoms with Gasteiger partial charge in [0.05, 0.1) is 18.0 Å². The van der Waals surface area contributed by atoms with Gasteiger partial charge in [0.2, 0.25) is 5.91 Å². The average Bonchev–Trinajstić information content (AvgIpc) is 2.53. The fourth-order valence-corrected chi connectivity index (χ4v) is 2.35. The van der Waals surface area contributed by atoms with Crippen LogP contribution in [0.15, 0.2) is 48.5 Å². The third kappa shape index (κ3) is 5.12. The quantitative estimate of drug-likeness (QED) is 0.820. The molecule has 1 atom stereocenters. The Balaban J connectivity index is 1.87. The molecule has 0 saturated carbocycles. The number of benzene rings is 2. The van der Waals surface area contributed by atoms with Gasteiger partial charge in [0.15, 0.2) is 0 Å². The molecule has 24 heavy (non-hydrogen) atoms. The molecule has 2 aromatic rings. The Bertz CT molecular complexity index is 727. The molecule has 0 aromatic heterocycles. The minimum Gasteiger partial charge on any atom is -0.491 e. The predicted molar refractivity (Wildman–Crippen MR) is 91.4 cm³/mol. The zero-order valence-electron chi connectivity index (χ0n) is 13.8. The number of amides is 1. The van der Waals surface area contributed by atoms with E-state index < -0.39 is 5.97 Å². The molecular formula is C19H21NO4. The molecule has 2 rings (SSSR count). The van der Waals surface area contributed by atoms with Gasteiger partial charge >= 0.3 is 5.97 Å². The summed E-state index contributed by atoms with van der Waals surface area (Å²) in [6, 6.07) is 14.0. The molecule has 0 aliphatic rings. The molecule has 0 fully saturated rings. The number of aryl methyl sites for hydroxylation is 1. The summed E-state index contributed by atoms with van der Waals surface area (Å²) in [6.45, 7) is 4.17. The van der Waals surface area contributed by atoms with Crippen LogP contribution in [0.25, 0.3) is 0 Å². The maximum atomic E-state index is 12.1. The van der Waals surface area contributed by atoms with Crippen molar-refractivity contribution in [2.75, 3.05) is 6.61 Å². The van der Waals surface area contributed by atoms with Crippen LogP contribution in [0.4, 0.5) is 0 Å². The number of carboxylic acids is 1. The summed E-state index contributed by atoms with van der Waals surface area (Å²) >= 11 is 0. The molecule has 2 aromatic carbocycles. The van der Waals surface area contributed by atoms with Gasteiger partial charge in [-0.3, -0.25) is 4.79 Å². The van der Waals surface area contributed by atoms with Crippen molar-refractivity contribution in [2.45, 2.75) is 26.3 Å². The van der Waals surface area contributed by atoms with Crippen LogP contribution in [0, 0.1) is 6.92 Å². The highest BCUT2D eigenvalue weighted by Gasteiger charge is 2.14. The smallest absolute Gasteiger partial charge is 0.335 e. The maximum Gasteiger partial charge on any atom is 0.335 e. The minimum absolute atomic E-state index is 0.0251. The van der Waals surface area contributed by atoms with Crippen molar-refractivity contribution in [2.24, 2.45) is 0 Å². The maximum absolute atomic E-state index is 12.1. The van der Waals surface area contributed by atoms with Crippen LogP contribution in [-0.4, -0.2) is 29.6 Å². The first-order chi connectivity index (χ1) is 11.5. The highest BCUT2D eigenvalue weighted by Crippen LogP contribution is 2.13. The highest BCUT2D eigenvalue weighted by atomic mass is 16.5. The minimum atomic E-state index is -1.03. The van der Waals surface area contributed by atoms with Crippen LogP contribution in [0.2, 0.25) is 0 Å². The molecule has 0 heterocycles. The number of carboxylic acid groups (broad SMARTS) is 1. The van der Waals surface area contributed by atoms with Crippen LogP contribution >= 0.6 is 0 Å². The van der Waals surface area contributed by atoms with Crippen LogP contribution < -0.4 is 10.1 Å². The van der Waals surface area contributed by atoms with Gasteiger partial charge in [-0.2, -0.15) is 0 Å². The number of rotatable bonds is 7. The van der Waals surface area contributed by atoms with Crippen molar-refractivity contribution in [1.29, 1.82) is 0 Å². The van der Waals surface area contributed by atoms with Crippen molar-refractivity contribution in [1.82, 2.24) is 5.32 Å². The number of nitrogens with one attached hydrogen (secondary N) is 1. The van der Waals surface area contributed by atoms with Crippen LogP contribution in [-0.2, 0) is 11.2 Å². The molecule has 5 nitrogen and oxygen atoms in total. The largest absolute Gasteiger partial charge is 0.491 e. The molecule has 126 valence electrons. The van der Waals surface area contributed by atoms with Crippen molar-refractivity contribution < 1.29 is 19.4 Å². The Kier molecular flexibility index (Phi) is 5.95. The van der Waals surface area contributed by atoms with E-state index in [1.165, 1.54) is 6.07 Å². The van der Waals surface area contributed by atoms with Crippen molar-refractivity contribution in [3.8, 4) is 5.75 Å². The summed E-state index contributed by atoms with van der Waals surface area (Å²) in [6.07, 6.45) is 0.0251. The Labute approximate surface area is 141 Å². The second kappa shape index (κ2) is 8.15. The fraction of sp³-hybridized carbons (Fsp3) is 0.263. The van der Waals surface area contributed by atoms with Gasteiger partial charge in [0.1, 0.15) is 12.4 Å². The summed E-state index contributed by atoms with van der Waals surface area (Å²) in [5.74, 6) is -0.509. The zero-order valence-corrected chi connectivity index (χ0v) is 13.8. The highest BCUT2D eigenvalue weighted by molar-refractivity contribution is 5.91. The lowest BCUT2D eigenvalue weighted by atomic mass is 10.0. The van der Waals surface area contributed by atoms with Gasteiger partial charge in [0.25, 0.3) is 0 Å². The first-order valence-electron chi connectivity index (χ1n) is 7.75. The van der Waals surface area contributed by atoms with E-state index in [0.717, 1.165) is 11.3 Å². The van der Waals surface area contributed by atoms with E-state index in [0.29, 0.717) is 12.2 Å². The third-order valence-electron chi connectivity index (χ3n) is 3.50. The Morgan fingerprint density at radius 2 is 1.92 bits per heavy atom. The molecule has 2 N–H and O–H groups in total. The van der Waals surface area contributed by atoms with E-state index in [2.05, 4.69) is 5.32 Å². The summed E-state index contributed by atoms with van der Waals surface area (Å²) < 4.78 is 5.65. The van der Waals surface area contributed by atoms with Crippen LogP contribution in [0.5, 0.6) is 5.75 Å².